The van der Waals surface area contributed by atoms with E-state index in [0.717, 1.165) is 0 Å². The molecule has 1 N–H and O–H groups in total. The first-order chi connectivity index (χ1) is 3.77. The molecule has 0 unspecified atom stereocenters. The van der Waals surface area contributed by atoms with Crippen LogP contribution in [0.4, 0.5) is 0 Å². The van der Waals surface area contributed by atoms with Gasteiger partial charge in [0.25, 0.3) is 0 Å². The van der Waals surface area contributed by atoms with Crippen molar-refractivity contribution in [1.29, 1.82) is 0 Å². The fourth-order valence-corrected chi connectivity index (χ4v) is 0.336. The zero-order valence-electron chi connectivity index (χ0n) is 5.33. The third-order valence-corrected chi connectivity index (χ3v) is 0.693. The molecular weight excluding hydrogens is 100 g/mol. The molecule has 0 aliphatic heterocycles. The quantitative estimate of drug-likeness (QED) is 0.537. The number of aliphatic hydroxyl groups is 1. The van der Waals surface area contributed by atoms with Gasteiger partial charge in [-0.15, -0.1) is 0 Å². The summed E-state index contributed by atoms with van der Waals surface area (Å²) in [5.74, 6) is 0. The summed E-state index contributed by atoms with van der Waals surface area (Å²) in [7, 11) is 0. The van der Waals surface area contributed by atoms with Gasteiger partial charge < -0.3 is 5.11 Å². The van der Waals surface area contributed by atoms with Gasteiger partial charge in [0, 0.05) is 0 Å². The molecule has 0 amide bonds. The summed E-state index contributed by atoms with van der Waals surface area (Å²) in [6.07, 6.45) is 7.02. The van der Waals surface area contributed by atoms with E-state index >= 15 is 0 Å². The van der Waals surface area contributed by atoms with Gasteiger partial charge in [0.15, 0.2) is 0 Å². The number of hydrogen-bond donors (Lipinski definition) is 1. The minimum atomic E-state index is -0.328. The van der Waals surface area contributed by atoms with Crippen molar-refractivity contribution in [2.24, 2.45) is 0 Å². The molecule has 0 aliphatic rings. The van der Waals surface area contributed by atoms with Gasteiger partial charge >= 0.3 is 0 Å². The maximum absolute atomic E-state index is 8.66. The minimum Gasteiger partial charge on any atom is -0.389 e. The molecule has 0 aliphatic carbocycles. The van der Waals surface area contributed by atoms with E-state index < -0.39 is 0 Å². The van der Waals surface area contributed by atoms with Crippen LogP contribution >= 0.6 is 0 Å². The lowest BCUT2D eigenvalue weighted by Crippen LogP contribution is -1.90. The smallest absolute Gasteiger partial charge is 0.0695 e. The van der Waals surface area contributed by atoms with Gasteiger partial charge in [-0.2, -0.15) is 0 Å². The lowest BCUT2D eigenvalue weighted by molar-refractivity contribution is 0.244. The Labute approximate surface area is 50.3 Å². The van der Waals surface area contributed by atoms with Crippen LogP contribution in [0.5, 0.6) is 0 Å². The van der Waals surface area contributed by atoms with Gasteiger partial charge in [-0.25, -0.2) is 0 Å². The SMILES string of the molecule is C/C=C/C=C/[C@H](C)O. The second-order valence-electron chi connectivity index (χ2n) is 1.65. The molecule has 0 rings (SSSR count). The van der Waals surface area contributed by atoms with Crippen LogP contribution in [0.1, 0.15) is 13.8 Å². The molecule has 1 heteroatoms. The predicted molar refractivity (Wildman–Crippen MR) is 35.6 cm³/mol. The molecule has 46 valence electrons. The summed E-state index contributed by atoms with van der Waals surface area (Å²) in [4.78, 5) is 0. The first kappa shape index (κ1) is 7.44. The maximum Gasteiger partial charge on any atom is 0.0695 e. The Kier molecular flexibility index (Phi) is 4.27. The Balaban J connectivity index is 3.34. The van der Waals surface area contributed by atoms with Gasteiger partial charge in [0.05, 0.1) is 6.10 Å². The topological polar surface area (TPSA) is 20.2 Å². The second-order valence-corrected chi connectivity index (χ2v) is 1.65. The Bertz CT molecular complexity index is 90.6. The summed E-state index contributed by atoms with van der Waals surface area (Å²) in [5.41, 5.74) is 0. The maximum atomic E-state index is 8.66. The Morgan fingerprint density at radius 1 is 1.38 bits per heavy atom. The monoisotopic (exact) mass is 112 g/mol. The lowest BCUT2D eigenvalue weighted by Gasteiger charge is -1.88. The molecule has 0 saturated heterocycles. The first-order valence-electron chi connectivity index (χ1n) is 2.75. The molecule has 0 bridgehead atoms. The molecule has 0 radical (unpaired) electrons. The standard InChI is InChI=1S/C7H12O/c1-3-4-5-6-7(2)8/h3-8H,1-2H3/b4-3+,6-5+/t7-/m0/s1. The number of allylic oxidation sites excluding steroid dienone is 3. The van der Waals surface area contributed by atoms with E-state index in [-0.39, 0.29) is 6.10 Å². The van der Waals surface area contributed by atoms with E-state index in [4.69, 9.17) is 5.11 Å². The van der Waals surface area contributed by atoms with Crippen molar-refractivity contribution >= 4 is 0 Å². The molecule has 0 heterocycles. The van der Waals surface area contributed by atoms with Gasteiger partial charge in [0.1, 0.15) is 0 Å². The van der Waals surface area contributed by atoms with Crippen LogP contribution in [0.15, 0.2) is 24.3 Å². The fraction of sp³-hybridized carbons (Fsp3) is 0.429. The van der Waals surface area contributed by atoms with Gasteiger partial charge in [-0.05, 0) is 13.8 Å². The third-order valence-electron chi connectivity index (χ3n) is 0.693. The van der Waals surface area contributed by atoms with Crippen LogP contribution in [-0.2, 0) is 0 Å². The summed E-state index contributed by atoms with van der Waals surface area (Å²) >= 11 is 0. The fourth-order valence-electron chi connectivity index (χ4n) is 0.336. The van der Waals surface area contributed by atoms with E-state index in [2.05, 4.69) is 0 Å². The van der Waals surface area contributed by atoms with E-state index in [1.807, 2.05) is 25.2 Å². The van der Waals surface area contributed by atoms with Gasteiger partial charge in [-0.3, -0.25) is 0 Å². The van der Waals surface area contributed by atoms with Crippen molar-refractivity contribution in [2.75, 3.05) is 0 Å². The molecule has 0 fully saturated rings. The molecule has 0 spiro atoms. The van der Waals surface area contributed by atoms with Crippen LogP contribution in [0.25, 0.3) is 0 Å². The normalized spacial score (nSPS) is 15.9. The van der Waals surface area contributed by atoms with Crippen molar-refractivity contribution in [3.63, 3.8) is 0 Å². The van der Waals surface area contributed by atoms with Gasteiger partial charge in [-0.1, -0.05) is 24.3 Å². The molecule has 0 aromatic heterocycles. The average molecular weight is 112 g/mol. The van der Waals surface area contributed by atoms with E-state index in [1.54, 1.807) is 13.0 Å². The van der Waals surface area contributed by atoms with Crippen molar-refractivity contribution in [3.8, 4) is 0 Å². The molecule has 8 heavy (non-hydrogen) atoms. The highest BCUT2D eigenvalue weighted by Gasteiger charge is 1.79. The highest BCUT2D eigenvalue weighted by molar-refractivity contribution is 5.02. The summed E-state index contributed by atoms with van der Waals surface area (Å²) < 4.78 is 0. The second kappa shape index (κ2) is 4.60. The molecule has 1 nitrogen and oxygen atoms in total. The molecule has 0 aromatic rings. The van der Waals surface area contributed by atoms with Crippen molar-refractivity contribution in [3.05, 3.63) is 24.3 Å². The average Bonchev–Trinajstić information content (AvgIpc) is 1.66. The zero-order chi connectivity index (χ0) is 6.41. The summed E-state index contributed by atoms with van der Waals surface area (Å²) in [6.45, 7) is 3.66. The van der Waals surface area contributed by atoms with Crippen LogP contribution in [0.3, 0.4) is 0 Å². The largest absolute Gasteiger partial charge is 0.389 e. The van der Waals surface area contributed by atoms with Crippen LogP contribution in [0, 0.1) is 0 Å². The zero-order valence-corrected chi connectivity index (χ0v) is 5.33. The lowest BCUT2D eigenvalue weighted by atomic mass is 10.3. The van der Waals surface area contributed by atoms with E-state index in [9.17, 15) is 0 Å². The van der Waals surface area contributed by atoms with Crippen LogP contribution in [-0.4, -0.2) is 11.2 Å². The van der Waals surface area contributed by atoms with E-state index in [0.29, 0.717) is 0 Å². The van der Waals surface area contributed by atoms with Crippen molar-refractivity contribution < 1.29 is 5.11 Å². The van der Waals surface area contributed by atoms with Crippen molar-refractivity contribution in [2.45, 2.75) is 20.0 Å². The predicted octanol–water partition coefficient (Wildman–Crippen LogP) is 1.50. The molecule has 1 atom stereocenters. The van der Waals surface area contributed by atoms with Crippen molar-refractivity contribution in [1.82, 2.24) is 0 Å². The Morgan fingerprint density at radius 3 is 2.38 bits per heavy atom. The van der Waals surface area contributed by atoms with Crippen LogP contribution in [0.2, 0.25) is 0 Å². The molecule has 0 aromatic carbocycles. The Hall–Kier alpha value is -0.560. The highest BCUT2D eigenvalue weighted by Crippen LogP contribution is 1.82. The summed E-state index contributed by atoms with van der Waals surface area (Å²) in [5, 5.41) is 8.66. The molecule has 0 saturated carbocycles. The minimum absolute atomic E-state index is 0.328. The highest BCUT2D eigenvalue weighted by atomic mass is 16.3. The molecular formula is C7H12O. The third kappa shape index (κ3) is 5.44. The number of aliphatic hydroxyl groups excluding tert-OH is 1. The van der Waals surface area contributed by atoms with Gasteiger partial charge in [0.2, 0.25) is 0 Å². The number of rotatable bonds is 2. The van der Waals surface area contributed by atoms with Crippen LogP contribution < -0.4 is 0 Å². The Morgan fingerprint density at radius 2 is 2.00 bits per heavy atom. The number of hydrogen-bond acceptors (Lipinski definition) is 1. The first-order valence-corrected chi connectivity index (χ1v) is 2.75. The summed E-state index contributed by atoms with van der Waals surface area (Å²) in [6, 6.07) is 0. The van der Waals surface area contributed by atoms with E-state index in [1.165, 1.54) is 0 Å².